The number of rotatable bonds is 5. The van der Waals surface area contributed by atoms with E-state index in [1.54, 1.807) is 45.2 Å². The van der Waals surface area contributed by atoms with Crippen molar-refractivity contribution in [3.63, 3.8) is 0 Å². The third-order valence-corrected chi connectivity index (χ3v) is 4.52. The maximum Gasteiger partial charge on any atom is 0.271 e. The highest BCUT2D eigenvalue weighted by Crippen LogP contribution is 2.32. The second-order valence-electron chi connectivity index (χ2n) is 6.02. The fourth-order valence-electron chi connectivity index (χ4n) is 2.79. The molecule has 1 heterocycles. The molecule has 0 aromatic heterocycles. The summed E-state index contributed by atoms with van der Waals surface area (Å²) in [5, 5.41) is 9.39. The van der Waals surface area contributed by atoms with E-state index in [2.05, 4.69) is 0 Å². The minimum atomic E-state index is -0.534. The first-order valence-corrected chi connectivity index (χ1v) is 8.32. The highest BCUT2D eigenvalue weighted by molar-refractivity contribution is 6.19. The van der Waals surface area contributed by atoms with Crippen LogP contribution in [0.25, 0.3) is 6.08 Å². The van der Waals surface area contributed by atoms with Crippen molar-refractivity contribution in [2.45, 2.75) is 33.2 Å². The second kappa shape index (κ2) is 7.87. The molecule has 1 aliphatic rings. The summed E-state index contributed by atoms with van der Waals surface area (Å²) in [6, 6.07) is 6.91. The van der Waals surface area contributed by atoms with Crippen molar-refractivity contribution < 1.29 is 19.1 Å². The molecule has 1 aliphatic heterocycles. The van der Waals surface area contributed by atoms with E-state index in [-0.39, 0.29) is 11.6 Å². The molecule has 136 valence electrons. The highest BCUT2D eigenvalue weighted by atomic mass is 16.5. The van der Waals surface area contributed by atoms with Crippen LogP contribution in [0, 0.1) is 11.3 Å². The van der Waals surface area contributed by atoms with Crippen molar-refractivity contribution in [2.75, 3.05) is 14.2 Å². The van der Waals surface area contributed by atoms with Gasteiger partial charge in [-0.1, -0.05) is 13.0 Å². The summed E-state index contributed by atoms with van der Waals surface area (Å²) in [5.41, 5.74) is 1.42. The van der Waals surface area contributed by atoms with Gasteiger partial charge in [0.25, 0.3) is 11.8 Å². The summed E-state index contributed by atoms with van der Waals surface area (Å²) < 4.78 is 10.5. The van der Waals surface area contributed by atoms with Crippen LogP contribution in [0.4, 0.5) is 0 Å². The Balaban J connectivity index is 2.61. The van der Waals surface area contributed by atoms with Gasteiger partial charge >= 0.3 is 0 Å². The van der Waals surface area contributed by atoms with Crippen molar-refractivity contribution >= 4 is 17.9 Å². The molecule has 26 heavy (non-hydrogen) atoms. The van der Waals surface area contributed by atoms with Crippen molar-refractivity contribution in [1.82, 2.24) is 4.90 Å². The van der Waals surface area contributed by atoms with Gasteiger partial charge in [-0.25, -0.2) is 0 Å². The Kier molecular flexibility index (Phi) is 5.83. The van der Waals surface area contributed by atoms with Gasteiger partial charge in [0.15, 0.2) is 11.5 Å². The molecule has 0 spiro atoms. The minimum Gasteiger partial charge on any atom is -0.493 e. The van der Waals surface area contributed by atoms with Gasteiger partial charge in [-0.2, -0.15) is 5.26 Å². The predicted octanol–water partition coefficient (Wildman–Crippen LogP) is 3.09. The first kappa shape index (κ1) is 19.3. The molecule has 6 heteroatoms. The van der Waals surface area contributed by atoms with Gasteiger partial charge in [-0.3, -0.25) is 14.5 Å². The van der Waals surface area contributed by atoms with Gasteiger partial charge in [-0.15, -0.1) is 0 Å². The maximum atomic E-state index is 12.9. The van der Waals surface area contributed by atoms with Crippen LogP contribution in [0.2, 0.25) is 0 Å². The Labute approximate surface area is 153 Å². The molecule has 2 rings (SSSR count). The van der Waals surface area contributed by atoms with Crippen LogP contribution in [0.1, 0.15) is 32.8 Å². The molecular formula is C20H22N2O4. The number of imide groups is 1. The molecule has 0 radical (unpaired) electrons. The van der Waals surface area contributed by atoms with Gasteiger partial charge in [0.05, 0.1) is 14.2 Å². The average molecular weight is 354 g/mol. The summed E-state index contributed by atoms with van der Waals surface area (Å²) in [7, 11) is 3.07. The average Bonchev–Trinajstić information content (AvgIpc) is 2.65. The van der Waals surface area contributed by atoms with Crippen LogP contribution in [0.3, 0.4) is 0 Å². The normalized spacial score (nSPS) is 17.4. The summed E-state index contributed by atoms with van der Waals surface area (Å²) in [6.07, 6.45) is 2.28. The fraction of sp³-hybridized carbons (Fsp3) is 0.350. The molecule has 0 bridgehead atoms. The van der Waals surface area contributed by atoms with Crippen LogP contribution in [0.5, 0.6) is 11.5 Å². The topological polar surface area (TPSA) is 79.6 Å². The van der Waals surface area contributed by atoms with Crippen LogP contribution in [0.15, 0.2) is 34.9 Å². The van der Waals surface area contributed by atoms with E-state index >= 15 is 0 Å². The number of nitrogens with zero attached hydrogens (tertiary/aromatic N) is 2. The zero-order chi connectivity index (χ0) is 19.4. The number of nitriles is 1. The van der Waals surface area contributed by atoms with E-state index in [0.29, 0.717) is 34.6 Å². The number of benzene rings is 1. The number of ether oxygens (including phenoxy) is 2. The monoisotopic (exact) mass is 354 g/mol. The van der Waals surface area contributed by atoms with E-state index in [1.807, 2.05) is 13.0 Å². The molecule has 0 fully saturated rings. The van der Waals surface area contributed by atoms with E-state index in [4.69, 9.17) is 9.47 Å². The fourth-order valence-corrected chi connectivity index (χ4v) is 2.79. The lowest BCUT2D eigenvalue weighted by Crippen LogP contribution is -2.47. The minimum absolute atomic E-state index is 0.00312. The molecule has 0 saturated heterocycles. The molecule has 1 unspecified atom stereocenters. The summed E-state index contributed by atoms with van der Waals surface area (Å²) in [6.45, 7) is 5.30. The lowest BCUT2D eigenvalue weighted by atomic mass is 9.92. The highest BCUT2D eigenvalue weighted by Gasteiger charge is 2.37. The van der Waals surface area contributed by atoms with E-state index in [9.17, 15) is 14.9 Å². The molecule has 0 saturated carbocycles. The van der Waals surface area contributed by atoms with Crippen molar-refractivity contribution in [3.05, 3.63) is 40.5 Å². The third-order valence-electron chi connectivity index (χ3n) is 4.52. The number of methoxy groups -OCH3 is 2. The quantitative estimate of drug-likeness (QED) is 0.600. The molecule has 0 N–H and O–H groups in total. The zero-order valence-corrected chi connectivity index (χ0v) is 15.6. The molecule has 1 aromatic carbocycles. The summed E-state index contributed by atoms with van der Waals surface area (Å²) >= 11 is 0. The van der Waals surface area contributed by atoms with Crippen LogP contribution in [-0.4, -0.2) is 37.0 Å². The van der Waals surface area contributed by atoms with Crippen molar-refractivity contribution in [3.8, 4) is 17.6 Å². The zero-order valence-electron chi connectivity index (χ0n) is 15.6. The number of hydrogen-bond donors (Lipinski definition) is 0. The third kappa shape index (κ3) is 3.33. The van der Waals surface area contributed by atoms with E-state index in [1.165, 1.54) is 7.11 Å². The van der Waals surface area contributed by atoms with Crippen LogP contribution >= 0.6 is 0 Å². The van der Waals surface area contributed by atoms with Crippen molar-refractivity contribution in [1.29, 1.82) is 5.26 Å². The summed E-state index contributed by atoms with van der Waals surface area (Å²) in [5.74, 6) is 0.178. The maximum absolute atomic E-state index is 12.9. The molecule has 1 atom stereocenters. The lowest BCUT2D eigenvalue weighted by molar-refractivity contribution is -0.142. The first-order valence-electron chi connectivity index (χ1n) is 8.32. The lowest BCUT2D eigenvalue weighted by Gasteiger charge is -2.31. The second-order valence-corrected chi connectivity index (χ2v) is 6.02. The van der Waals surface area contributed by atoms with E-state index in [0.717, 1.165) is 4.90 Å². The molecule has 1 aromatic rings. The molecular weight excluding hydrogens is 332 g/mol. The summed E-state index contributed by atoms with van der Waals surface area (Å²) in [4.78, 5) is 26.6. The van der Waals surface area contributed by atoms with Crippen LogP contribution < -0.4 is 9.47 Å². The van der Waals surface area contributed by atoms with Crippen molar-refractivity contribution in [2.24, 2.45) is 0 Å². The number of hydrogen-bond acceptors (Lipinski definition) is 5. The molecule has 0 aliphatic carbocycles. The largest absolute Gasteiger partial charge is 0.493 e. The Morgan fingerprint density at radius 3 is 2.38 bits per heavy atom. The van der Waals surface area contributed by atoms with Gasteiger partial charge in [0, 0.05) is 11.6 Å². The molecule has 6 nitrogen and oxygen atoms in total. The van der Waals surface area contributed by atoms with Gasteiger partial charge in [0.2, 0.25) is 0 Å². The van der Waals surface area contributed by atoms with Crippen LogP contribution in [-0.2, 0) is 9.59 Å². The standard InChI is InChI=1S/C20H22N2O4/c1-6-12(2)22-19(23)15(13(3)16(11-21)20(22)24)9-14-7-8-17(25-4)18(10-14)26-5/h7-10,12H,6H2,1-5H3/b15-9+. The Hall–Kier alpha value is -3.07. The van der Waals surface area contributed by atoms with Gasteiger partial charge in [-0.05, 0) is 49.6 Å². The smallest absolute Gasteiger partial charge is 0.271 e. The Morgan fingerprint density at radius 1 is 1.19 bits per heavy atom. The SMILES string of the molecule is CCC(C)N1C(=O)C(C#N)=C(C)/C(=C\c2ccc(OC)c(OC)c2)C1=O. The Morgan fingerprint density at radius 2 is 1.85 bits per heavy atom. The number of carbonyl (C=O) groups excluding carboxylic acids is 2. The predicted molar refractivity (Wildman–Crippen MR) is 97.4 cm³/mol. The molecule has 2 amide bonds. The number of amides is 2. The van der Waals surface area contributed by atoms with E-state index < -0.39 is 11.8 Å². The van der Waals surface area contributed by atoms with Gasteiger partial charge < -0.3 is 9.47 Å². The van der Waals surface area contributed by atoms with Gasteiger partial charge in [0.1, 0.15) is 11.6 Å². The first-order chi connectivity index (χ1) is 12.4. The Bertz CT molecular complexity index is 846. The number of carbonyl (C=O) groups is 2.